The van der Waals surface area contributed by atoms with E-state index < -0.39 is 6.10 Å². The Kier molecular flexibility index (Phi) is 2.37. The van der Waals surface area contributed by atoms with Crippen molar-refractivity contribution in [3.63, 3.8) is 0 Å². The molecule has 1 aromatic rings. The van der Waals surface area contributed by atoms with Gasteiger partial charge in [-0.15, -0.1) is 0 Å². The minimum Gasteiger partial charge on any atom is -0.385 e. The van der Waals surface area contributed by atoms with E-state index in [1.807, 2.05) is 6.92 Å². The van der Waals surface area contributed by atoms with E-state index in [-0.39, 0.29) is 11.7 Å². The van der Waals surface area contributed by atoms with Gasteiger partial charge in [0.25, 0.3) is 0 Å². The number of Topliss-reactive ketones (excluding diaryl/α,β-unsaturated/α-hetero) is 1. The second kappa shape index (κ2) is 3.53. The Balaban J connectivity index is 2.09. The predicted molar refractivity (Wildman–Crippen MR) is 51.0 cm³/mol. The van der Waals surface area contributed by atoms with Crippen molar-refractivity contribution in [2.45, 2.75) is 32.4 Å². The summed E-state index contributed by atoms with van der Waals surface area (Å²) >= 11 is 0. The van der Waals surface area contributed by atoms with Gasteiger partial charge in [-0.2, -0.15) is 5.10 Å². The van der Waals surface area contributed by atoms with E-state index in [1.165, 1.54) is 6.20 Å². The normalized spacial score (nSPS) is 18.1. The minimum absolute atomic E-state index is 0.187. The fraction of sp³-hybridized carbons (Fsp3) is 0.600. The van der Waals surface area contributed by atoms with E-state index in [9.17, 15) is 9.90 Å². The number of ketones is 1. The number of nitrogens with zero attached hydrogens (tertiary/aromatic N) is 2. The van der Waals surface area contributed by atoms with Gasteiger partial charge in [0.05, 0.1) is 11.8 Å². The van der Waals surface area contributed by atoms with Crippen molar-refractivity contribution in [2.24, 2.45) is 5.92 Å². The molecule has 0 bridgehead atoms. The molecule has 1 aliphatic rings. The number of aliphatic hydroxyl groups excluding tert-OH is 1. The largest absolute Gasteiger partial charge is 0.385 e. The topological polar surface area (TPSA) is 55.1 Å². The van der Waals surface area contributed by atoms with Crippen LogP contribution < -0.4 is 0 Å². The molecule has 1 saturated carbocycles. The van der Waals surface area contributed by atoms with Crippen LogP contribution in [-0.2, 0) is 6.54 Å². The second-order valence-electron chi connectivity index (χ2n) is 3.73. The van der Waals surface area contributed by atoms with E-state index in [2.05, 4.69) is 5.10 Å². The van der Waals surface area contributed by atoms with Gasteiger partial charge in [0.15, 0.2) is 5.78 Å². The molecule has 1 fully saturated rings. The van der Waals surface area contributed by atoms with Crippen LogP contribution in [0.5, 0.6) is 0 Å². The molecule has 1 aromatic heterocycles. The Morgan fingerprint density at radius 1 is 1.79 bits per heavy atom. The van der Waals surface area contributed by atoms with Crippen molar-refractivity contribution in [2.75, 3.05) is 0 Å². The molecule has 0 amide bonds. The molecule has 4 heteroatoms. The van der Waals surface area contributed by atoms with E-state index in [4.69, 9.17) is 0 Å². The van der Waals surface area contributed by atoms with Crippen LogP contribution in [0.15, 0.2) is 12.4 Å². The molecule has 14 heavy (non-hydrogen) atoms. The van der Waals surface area contributed by atoms with Crippen LogP contribution in [0.2, 0.25) is 0 Å². The van der Waals surface area contributed by atoms with Crippen molar-refractivity contribution >= 4 is 5.78 Å². The number of hydrogen-bond donors (Lipinski definition) is 1. The molecule has 76 valence electrons. The van der Waals surface area contributed by atoms with Gasteiger partial charge in [0.2, 0.25) is 0 Å². The maximum Gasteiger partial charge on any atom is 0.194 e. The van der Waals surface area contributed by atoms with Gasteiger partial charge in [0.1, 0.15) is 6.10 Å². The summed E-state index contributed by atoms with van der Waals surface area (Å²) in [4.78, 5) is 11.7. The summed E-state index contributed by atoms with van der Waals surface area (Å²) in [6.45, 7) is 2.70. The summed E-state index contributed by atoms with van der Waals surface area (Å²) in [5.74, 6) is -0.000300. The van der Waals surface area contributed by atoms with E-state index in [0.29, 0.717) is 5.56 Å². The Morgan fingerprint density at radius 3 is 3.00 bits per heavy atom. The standard InChI is InChI=1S/C10H14N2O2/c1-2-12-6-8(5-11-12)10(14)9(13)7-3-4-7/h5-7,9,13H,2-4H2,1H3. The summed E-state index contributed by atoms with van der Waals surface area (Å²) in [5, 5.41) is 13.6. The zero-order chi connectivity index (χ0) is 10.1. The first-order valence-electron chi connectivity index (χ1n) is 4.97. The van der Waals surface area contributed by atoms with Crippen LogP contribution in [0.3, 0.4) is 0 Å². The molecule has 1 atom stereocenters. The third kappa shape index (κ3) is 1.70. The fourth-order valence-electron chi connectivity index (χ4n) is 1.46. The zero-order valence-electron chi connectivity index (χ0n) is 8.18. The number of aryl methyl sites for hydroxylation is 1. The Labute approximate surface area is 82.5 Å². The first-order valence-corrected chi connectivity index (χ1v) is 4.97. The molecule has 0 saturated heterocycles. The molecule has 0 spiro atoms. The lowest BCUT2D eigenvalue weighted by Crippen LogP contribution is -2.22. The van der Waals surface area contributed by atoms with Gasteiger partial charge in [-0.3, -0.25) is 9.48 Å². The molecule has 1 unspecified atom stereocenters. The fourth-order valence-corrected chi connectivity index (χ4v) is 1.46. The summed E-state index contributed by atoms with van der Waals surface area (Å²) in [6.07, 6.45) is 4.33. The summed E-state index contributed by atoms with van der Waals surface area (Å²) < 4.78 is 1.69. The number of aliphatic hydroxyl groups is 1. The van der Waals surface area contributed by atoms with Gasteiger partial charge in [-0.05, 0) is 25.7 Å². The van der Waals surface area contributed by atoms with E-state index in [0.717, 1.165) is 19.4 Å². The molecule has 1 aliphatic carbocycles. The second-order valence-corrected chi connectivity index (χ2v) is 3.73. The predicted octanol–water partition coefficient (Wildman–Crippen LogP) is 0.857. The highest BCUT2D eigenvalue weighted by Crippen LogP contribution is 2.33. The molecular formula is C10H14N2O2. The quantitative estimate of drug-likeness (QED) is 0.723. The lowest BCUT2D eigenvalue weighted by Gasteiger charge is -2.04. The maximum absolute atomic E-state index is 11.7. The number of aromatic nitrogens is 2. The number of carbonyl (C=O) groups is 1. The SMILES string of the molecule is CCn1cc(C(=O)C(O)C2CC2)cn1. The summed E-state index contributed by atoms with van der Waals surface area (Å²) in [6, 6.07) is 0. The molecule has 0 aromatic carbocycles. The Hall–Kier alpha value is -1.16. The van der Waals surface area contributed by atoms with E-state index in [1.54, 1.807) is 10.9 Å². The van der Waals surface area contributed by atoms with Crippen molar-refractivity contribution in [3.05, 3.63) is 18.0 Å². The third-order valence-corrected chi connectivity index (χ3v) is 2.58. The first kappa shape index (κ1) is 9.40. The van der Waals surface area contributed by atoms with Crippen LogP contribution in [0.25, 0.3) is 0 Å². The number of carbonyl (C=O) groups excluding carboxylic acids is 1. The monoisotopic (exact) mass is 194 g/mol. The molecular weight excluding hydrogens is 180 g/mol. The van der Waals surface area contributed by atoms with Gasteiger partial charge >= 0.3 is 0 Å². The van der Waals surface area contributed by atoms with Gasteiger partial charge in [-0.1, -0.05) is 0 Å². The molecule has 4 nitrogen and oxygen atoms in total. The molecule has 0 radical (unpaired) electrons. The molecule has 2 rings (SSSR count). The van der Waals surface area contributed by atoms with Crippen molar-refractivity contribution in [1.29, 1.82) is 0 Å². The summed E-state index contributed by atoms with van der Waals surface area (Å²) in [5.41, 5.74) is 0.520. The first-order chi connectivity index (χ1) is 6.72. The van der Waals surface area contributed by atoms with Crippen LogP contribution >= 0.6 is 0 Å². The highest BCUT2D eigenvalue weighted by Gasteiger charge is 2.35. The van der Waals surface area contributed by atoms with Crippen molar-refractivity contribution in [1.82, 2.24) is 9.78 Å². The average Bonchev–Trinajstić information content (AvgIpc) is 2.94. The Bertz CT molecular complexity index is 342. The van der Waals surface area contributed by atoms with Crippen molar-refractivity contribution < 1.29 is 9.90 Å². The lowest BCUT2D eigenvalue weighted by atomic mass is 10.1. The lowest BCUT2D eigenvalue weighted by molar-refractivity contribution is 0.0704. The highest BCUT2D eigenvalue weighted by atomic mass is 16.3. The van der Waals surface area contributed by atoms with Crippen LogP contribution in [0, 0.1) is 5.92 Å². The maximum atomic E-state index is 11.7. The van der Waals surface area contributed by atoms with Crippen LogP contribution in [-0.4, -0.2) is 26.8 Å². The van der Waals surface area contributed by atoms with Crippen LogP contribution in [0.1, 0.15) is 30.1 Å². The van der Waals surface area contributed by atoms with Crippen LogP contribution in [0.4, 0.5) is 0 Å². The molecule has 1 heterocycles. The van der Waals surface area contributed by atoms with Gasteiger partial charge < -0.3 is 5.11 Å². The number of hydrogen-bond acceptors (Lipinski definition) is 3. The van der Waals surface area contributed by atoms with E-state index >= 15 is 0 Å². The molecule has 0 aliphatic heterocycles. The summed E-state index contributed by atoms with van der Waals surface area (Å²) in [7, 11) is 0. The average molecular weight is 194 g/mol. The highest BCUT2D eigenvalue weighted by molar-refractivity contribution is 5.99. The number of rotatable bonds is 4. The molecule has 1 N–H and O–H groups in total. The van der Waals surface area contributed by atoms with Gasteiger partial charge in [-0.25, -0.2) is 0 Å². The van der Waals surface area contributed by atoms with Gasteiger partial charge in [0, 0.05) is 12.7 Å². The minimum atomic E-state index is -0.815. The Morgan fingerprint density at radius 2 is 2.50 bits per heavy atom. The third-order valence-electron chi connectivity index (χ3n) is 2.58. The smallest absolute Gasteiger partial charge is 0.194 e. The van der Waals surface area contributed by atoms with Crippen molar-refractivity contribution in [3.8, 4) is 0 Å². The zero-order valence-corrected chi connectivity index (χ0v) is 8.18.